The van der Waals surface area contributed by atoms with Crippen molar-refractivity contribution in [3.8, 4) is 12.3 Å². The van der Waals surface area contributed by atoms with Gasteiger partial charge in [0.05, 0.1) is 0 Å². The molecule has 0 radical (unpaired) electrons. The largest absolute Gasteiger partial charge is 0.480 e. The van der Waals surface area contributed by atoms with E-state index in [2.05, 4.69) is 16.6 Å². The predicted octanol–water partition coefficient (Wildman–Crippen LogP) is 1.78. The van der Waals surface area contributed by atoms with Gasteiger partial charge in [0.2, 0.25) is 0 Å². The number of aryl methyl sites for hydroxylation is 1. The molecular weight excluding hydrogens is 268 g/mol. The van der Waals surface area contributed by atoms with Crippen LogP contribution in [-0.4, -0.2) is 29.2 Å². The first-order chi connectivity index (χ1) is 10.0. The third-order valence-corrected chi connectivity index (χ3v) is 2.97. The first-order valence-corrected chi connectivity index (χ1v) is 6.80. The molecule has 0 aliphatic rings. The maximum atomic E-state index is 11.7. The van der Waals surface area contributed by atoms with Crippen LogP contribution in [0.25, 0.3) is 0 Å². The lowest BCUT2D eigenvalue weighted by molar-refractivity contribution is -0.139. The summed E-state index contributed by atoms with van der Waals surface area (Å²) < 4.78 is 0. The molecular formula is C16H20N2O3. The molecule has 2 atom stereocenters. The number of carboxylic acid groups (broad SMARTS) is 1. The number of urea groups is 1. The molecule has 0 saturated carbocycles. The second-order valence-electron chi connectivity index (χ2n) is 4.84. The van der Waals surface area contributed by atoms with Crippen LogP contribution in [0.15, 0.2) is 30.3 Å². The van der Waals surface area contributed by atoms with Crippen molar-refractivity contribution >= 4 is 12.0 Å². The normalized spacial score (nSPS) is 12.8. The standard InChI is InChI=1S/C16H20N2O3/c1-3-7-12(2)17-16(21)18-14(15(19)20)11-10-13-8-5-4-6-9-13/h1,4-6,8-9,12,14H,7,10-11H2,2H3,(H,19,20)(H2,17,18,21). The number of hydrogen-bond acceptors (Lipinski definition) is 2. The number of hydrogen-bond donors (Lipinski definition) is 3. The van der Waals surface area contributed by atoms with Gasteiger partial charge in [-0.2, -0.15) is 0 Å². The molecule has 2 unspecified atom stereocenters. The van der Waals surface area contributed by atoms with Crippen molar-refractivity contribution in [2.45, 2.75) is 38.3 Å². The summed E-state index contributed by atoms with van der Waals surface area (Å²) in [7, 11) is 0. The monoisotopic (exact) mass is 288 g/mol. The Kier molecular flexibility index (Phi) is 6.82. The number of carboxylic acids is 1. The average Bonchev–Trinajstić information content (AvgIpc) is 2.44. The van der Waals surface area contributed by atoms with Crippen molar-refractivity contribution in [3.05, 3.63) is 35.9 Å². The minimum atomic E-state index is -1.05. The van der Waals surface area contributed by atoms with Gasteiger partial charge in [-0.25, -0.2) is 9.59 Å². The summed E-state index contributed by atoms with van der Waals surface area (Å²) in [4.78, 5) is 22.9. The zero-order valence-corrected chi connectivity index (χ0v) is 12.0. The van der Waals surface area contributed by atoms with E-state index in [0.29, 0.717) is 19.3 Å². The predicted molar refractivity (Wildman–Crippen MR) is 80.8 cm³/mol. The number of carbonyl (C=O) groups is 2. The molecule has 5 heteroatoms. The first kappa shape index (κ1) is 16.6. The fourth-order valence-corrected chi connectivity index (χ4v) is 1.86. The lowest BCUT2D eigenvalue weighted by atomic mass is 10.1. The number of benzene rings is 1. The Bertz CT molecular complexity index is 508. The number of amides is 2. The summed E-state index contributed by atoms with van der Waals surface area (Å²) in [5, 5.41) is 14.2. The lowest BCUT2D eigenvalue weighted by Crippen LogP contribution is -2.48. The Morgan fingerprint density at radius 3 is 2.52 bits per heavy atom. The smallest absolute Gasteiger partial charge is 0.326 e. The van der Waals surface area contributed by atoms with Crippen molar-refractivity contribution in [3.63, 3.8) is 0 Å². The van der Waals surface area contributed by atoms with Gasteiger partial charge in [0, 0.05) is 12.5 Å². The van der Waals surface area contributed by atoms with Crippen LogP contribution in [0.2, 0.25) is 0 Å². The molecule has 0 aliphatic heterocycles. The van der Waals surface area contributed by atoms with Crippen LogP contribution in [-0.2, 0) is 11.2 Å². The topological polar surface area (TPSA) is 78.4 Å². The van der Waals surface area contributed by atoms with Crippen molar-refractivity contribution < 1.29 is 14.7 Å². The molecule has 0 fully saturated rings. The van der Waals surface area contributed by atoms with E-state index < -0.39 is 18.0 Å². The van der Waals surface area contributed by atoms with Gasteiger partial charge in [-0.05, 0) is 25.3 Å². The second kappa shape index (κ2) is 8.64. The summed E-state index contributed by atoms with van der Waals surface area (Å²) >= 11 is 0. The Balaban J connectivity index is 2.48. The highest BCUT2D eigenvalue weighted by molar-refractivity contribution is 5.82. The van der Waals surface area contributed by atoms with E-state index in [0.717, 1.165) is 5.56 Å². The molecule has 0 saturated heterocycles. The van der Waals surface area contributed by atoms with E-state index in [1.165, 1.54) is 0 Å². The molecule has 112 valence electrons. The number of terminal acetylenes is 1. The van der Waals surface area contributed by atoms with Gasteiger partial charge in [0.1, 0.15) is 6.04 Å². The average molecular weight is 288 g/mol. The molecule has 21 heavy (non-hydrogen) atoms. The fraction of sp³-hybridized carbons (Fsp3) is 0.375. The first-order valence-electron chi connectivity index (χ1n) is 6.80. The van der Waals surface area contributed by atoms with Crippen molar-refractivity contribution in [1.29, 1.82) is 0 Å². The zero-order chi connectivity index (χ0) is 15.7. The molecule has 5 nitrogen and oxygen atoms in total. The van der Waals surface area contributed by atoms with Crippen molar-refractivity contribution in [2.75, 3.05) is 0 Å². The Hall–Kier alpha value is -2.48. The number of rotatable bonds is 7. The van der Waals surface area contributed by atoms with Crippen molar-refractivity contribution in [1.82, 2.24) is 10.6 Å². The Morgan fingerprint density at radius 1 is 1.29 bits per heavy atom. The Labute approximate surface area is 124 Å². The quantitative estimate of drug-likeness (QED) is 0.669. The summed E-state index contributed by atoms with van der Waals surface area (Å²) in [5.74, 6) is 1.39. The Morgan fingerprint density at radius 2 is 1.95 bits per heavy atom. The number of nitrogens with one attached hydrogen (secondary N) is 2. The van der Waals surface area contributed by atoms with E-state index in [-0.39, 0.29) is 6.04 Å². The van der Waals surface area contributed by atoms with E-state index in [1.807, 2.05) is 30.3 Å². The fourth-order valence-electron chi connectivity index (χ4n) is 1.86. The van der Waals surface area contributed by atoms with Crippen LogP contribution in [0.5, 0.6) is 0 Å². The SMILES string of the molecule is C#CCC(C)NC(=O)NC(CCc1ccccc1)C(=O)O. The van der Waals surface area contributed by atoms with E-state index in [1.54, 1.807) is 6.92 Å². The van der Waals surface area contributed by atoms with Gasteiger partial charge in [-0.3, -0.25) is 0 Å². The minimum absolute atomic E-state index is 0.196. The molecule has 0 spiro atoms. The van der Waals surface area contributed by atoms with Gasteiger partial charge in [-0.15, -0.1) is 12.3 Å². The summed E-state index contributed by atoms with van der Waals surface area (Å²) in [6.45, 7) is 1.76. The minimum Gasteiger partial charge on any atom is -0.480 e. The van der Waals surface area contributed by atoms with Crippen LogP contribution in [0.3, 0.4) is 0 Å². The van der Waals surface area contributed by atoms with Crippen LogP contribution < -0.4 is 10.6 Å². The molecule has 1 rings (SSSR count). The van der Waals surface area contributed by atoms with Gasteiger partial charge >= 0.3 is 12.0 Å². The van der Waals surface area contributed by atoms with Gasteiger partial charge in [-0.1, -0.05) is 30.3 Å². The molecule has 0 bridgehead atoms. The van der Waals surface area contributed by atoms with Crippen LogP contribution in [0.4, 0.5) is 4.79 Å². The van der Waals surface area contributed by atoms with E-state index >= 15 is 0 Å². The zero-order valence-electron chi connectivity index (χ0n) is 12.0. The van der Waals surface area contributed by atoms with Gasteiger partial charge in [0.15, 0.2) is 0 Å². The third-order valence-electron chi connectivity index (χ3n) is 2.97. The lowest BCUT2D eigenvalue weighted by Gasteiger charge is -2.17. The van der Waals surface area contributed by atoms with E-state index in [4.69, 9.17) is 11.5 Å². The highest BCUT2D eigenvalue weighted by Gasteiger charge is 2.20. The third kappa shape index (κ3) is 6.48. The summed E-state index contributed by atoms with van der Waals surface area (Å²) in [5.41, 5.74) is 1.03. The van der Waals surface area contributed by atoms with Crippen LogP contribution >= 0.6 is 0 Å². The maximum Gasteiger partial charge on any atom is 0.326 e. The summed E-state index contributed by atoms with van der Waals surface area (Å²) in [6.07, 6.45) is 6.46. The van der Waals surface area contributed by atoms with E-state index in [9.17, 15) is 9.59 Å². The van der Waals surface area contributed by atoms with Crippen molar-refractivity contribution in [2.24, 2.45) is 0 Å². The highest BCUT2D eigenvalue weighted by Crippen LogP contribution is 2.05. The number of aliphatic carboxylic acids is 1. The molecule has 1 aromatic carbocycles. The second-order valence-corrected chi connectivity index (χ2v) is 4.84. The van der Waals surface area contributed by atoms with Gasteiger partial charge in [0.25, 0.3) is 0 Å². The van der Waals surface area contributed by atoms with Gasteiger partial charge < -0.3 is 15.7 Å². The van der Waals surface area contributed by atoms with Crippen LogP contribution in [0.1, 0.15) is 25.3 Å². The number of carbonyl (C=O) groups excluding carboxylic acids is 1. The molecule has 0 aliphatic carbocycles. The molecule has 0 aromatic heterocycles. The molecule has 3 N–H and O–H groups in total. The molecule has 1 aromatic rings. The highest BCUT2D eigenvalue weighted by atomic mass is 16.4. The maximum absolute atomic E-state index is 11.7. The summed E-state index contributed by atoms with van der Waals surface area (Å²) in [6, 6.07) is 7.90. The van der Waals surface area contributed by atoms with Crippen LogP contribution in [0, 0.1) is 12.3 Å². The molecule has 0 heterocycles. The molecule has 2 amide bonds.